The summed E-state index contributed by atoms with van der Waals surface area (Å²) in [7, 11) is 1.62. The van der Waals surface area contributed by atoms with Gasteiger partial charge in [0.05, 0.1) is 6.67 Å². The highest BCUT2D eigenvalue weighted by Crippen LogP contribution is 1.86. The molecule has 0 rings (SSSR count). The van der Waals surface area contributed by atoms with E-state index in [4.69, 9.17) is 0 Å². The van der Waals surface area contributed by atoms with E-state index in [-0.39, 0.29) is 6.67 Å². The summed E-state index contributed by atoms with van der Waals surface area (Å²) < 4.78 is 22.9. The first kappa shape index (κ1) is 7.82. The average Bonchev–Trinajstić information content (AvgIpc) is 1.83. The van der Waals surface area contributed by atoms with Crippen molar-refractivity contribution in [3.63, 3.8) is 0 Å². The molecule has 0 saturated carbocycles. The zero-order valence-corrected chi connectivity index (χ0v) is 5.03. The van der Waals surface area contributed by atoms with Gasteiger partial charge in [0.15, 0.2) is 0 Å². The molecule has 0 amide bonds. The summed E-state index contributed by atoms with van der Waals surface area (Å²) in [6.07, 6.45) is 0.431. The molecule has 0 aromatic heterocycles. The average molecular weight is 123 g/mol. The van der Waals surface area contributed by atoms with Crippen LogP contribution < -0.4 is 0 Å². The third-order valence-corrected chi connectivity index (χ3v) is 0.878. The summed E-state index contributed by atoms with van der Waals surface area (Å²) >= 11 is 0. The third kappa shape index (κ3) is 3.99. The van der Waals surface area contributed by atoms with Crippen LogP contribution in [0.3, 0.4) is 0 Å². The zero-order chi connectivity index (χ0) is 6.41. The molecule has 0 fully saturated rings. The molecule has 0 aromatic rings. The molecular formula is C5H11F2N. The largest absolute Gasteiger partial charge is 0.280 e. The maximum atomic E-state index is 11.5. The van der Waals surface area contributed by atoms with Crippen LogP contribution in [0, 0.1) is 0 Å². The van der Waals surface area contributed by atoms with Gasteiger partial charge in [-0.15, -0.1) is 0 Å². The molecule has 0 bridgehead atoms. The Bertz CT molecular complexity index is 49.7. The minimum atomic E-state index is -0.486. The van der Waals surface area contributed by atoms with E-state index in [0.717, 1.165) is 0 Å². The lowest BCUT2D eigenvalue weighted by Crippen LogP contribution is -2.18. The predicted octanol–water partition coefficient (Wildman–Crippen LogP) is 1.20. The molecule has 0 saturated heterocycles. The van der Waals surface area contributed by atoms with Gasteiger partial charge in [-0.3, -0.25) is 9.29 Å². The normalized spacial score (nSPS) is 10.5. The topological polar surface area (TPSA) is 3.24 Å². The second-order valence-corrected chi connectivity index (χ2v) is 1.74. The van der Waals surface area contributed by atoms with E-state index in [1.807, 2.05) is 0 Å². The fourth-order valence-electron chi connectivity index (χ4n) is 0.389. The fraction of sp³-hybridized carbons (Fsp3) is 1.00. The highest BCUT2D eigenvalue weighted by Gasteiger charge is 1.92. The van der Waals surface area contributed by atoms with E-state index in [9.17, 15) is 8.78 Å². The van der Waals surface area contributed by atoms with Crippen LogP contribution in [0.2, 0.25) is 0 Å². The molecule has 0 radical (unpaired) electrons. The Morgan fingerprint density at radius 1 is 1.38 bits per heavy atom. The van der Waals surface area contributed by atoms with Crippen LogP contribution in [-0.4, -0.2) is 32.0 Å². The maximum absolute atomic E-state index is 11.5. The first-order valence-corrected chi connectivity index (χ1v) is 2.61. The van der Waals surface area contributed by atoms with Crippen LogP contribution in [0.15, 0.2) is 0 Å². The molecule has 0 unspecified atom stereocenters. The van der Waals surface area contributed by atoms with Gasteiger partial charge in [0, 0.05) is 6.54 Å². The van der Waals surface area contributed by atoms with Crippen molar-refractivity contribution in [1.82, 2.24) is 4.90 Å². The van der Waals surface area contributed by atoms with Crippen molar-refractivity contribution in [2.75, 3.05) is 27.1 Å². The zero-order valence-electron chi connectivity index (χ0n) is 5.03. The molecule has 8 heavy (non-hydrogen) atoms. The van der Waals surface area contributed by atoms with Crippen molar-refractivity contribution in [3.05, 3.63) is 0 Å². The molecule has 0 aliphatic carbocycles. The summed E-state index contributed by atoms with van der Waals surface area (Å²) in [4.78, 5) is 1.43. The second kappa shape index (κ2) is 4.97. The van der Waals surface area contributed by atoms with Crippen LogP contribution >= 0.6 is 0 Å². The Labute approximate surface area is 48.3 Å². The van der Waals surface area contributed by atoms with E-state index in [0.29, 0.717) is 13.0 Å². The smallest absolute Gasteiger partial charge is 0.142 e. The second-order valence-electron chi connectivity index (χ2n) is 1.74. The van der Waals surface area contributed by atoms with Gasteiger partial charge in [0.25, 0.3) is 0 Å². The lowest BCUT2D eigenvalue weighted by Gasteiger charge is -2.08. The van der Waals surface area contributed by atoms with Gasteiger partial charge < -0.3 is 0 Å². The van der Waals surface area contributed by atoms with Gasteiger partial charge in [-0.05, 0) is 13.5 Å². The molecular weight excluding hydrogens is 112 g/mol. The van der Waals surface area contributed by atoms with Gasteiger partial charge >= 0.3 is 0 Å². The quantitative estimate of drug-likeness (QED) is 0.508. The molecule has 1 nitrogen and oxygen atoms in total. The van der Waals surface area contributed by atoms with E-state index in [2.05, 4.69) is 0 Å². The molecule has 3 heteroatoms. The van der Waals surface area contributed by atoms with Gasteiger partial charge in [0.1, 0.15) is 6.80 Å². The standard InChI is InChI=1S/C5H11F2N/c1-8(5-7)4-2-3-6/h2-5H2,1H3. The van der Waals surface area contributed by atoms with Gasteiger partial charge in [-0.2, -0.15) is 0 Å². The summed E-state index contributed by atoms with van der Waals surface area (Å²) in [5, 5.41) is 0. The van der Waals surface area contributed by atoms with E-state index >= 15 is 0 Å². The van der Waals surface area contributed by atoms with Crippen molar-refractivity contribution in [2.45, 2.75) is 6.42 Å². The Kier molecular flexibility index (Phi) is 4.85. The molecule has 50 valence electrons. The summed E-state index contributed by atoms with van der Waals surface area (Å²) in [6, 6.07) is 0. The molecule has 0 aliphatic rings. The molecule has 0 atom stereocenters. The Balaban J connectivity index is 2.86. The van der Waals surface area contributed by atoms with Crippen LogP contribution in [-0.2, 0) is 0 Å². The first-order chi connectivity index (χ1) is 3.81. The highest BCUT2D eigenvalue weighted by atomic mass is 19.1. The van der Waals surface area contributed by atoms with Crippen molar-refractivity contribution < 1.29 is 8.78 Å². The summed E-state index contributed by atoms with van der Waals surface area (Å²) in [5.41, 5.74) is 0. The number of rotatable bonds is 4. The Hall–Kier alpha value is -0.180. The summed E-state index contributed by atoms with van der Waals surface area (Å²) in [6.45, 7) is -0.336. The molecule has 0 spiro atoms. The highest BCUT2D eigenvalue weighted by molar-refractivity contribution is 4.42. The lowest BCUT2D eigenvalue weighted by molar-refractivity contribution is 0.216. The number of nitrogens with zero attached hydrogens (tertiary/aromatic N) is 1. The first-order valence-electron chi connectivity index (χ1n) is 2.61. The Morgan fingerprint density at radius 3 is 2.38 bits per heavy atom. The lowest BCUT2D eigenvalue weighted by atomic mass is 10.4. The fourth-order valence-corrected chi connectivity index (χ4v) is 0.389. The van der Waals surface area contributed by atoms with Crippen LogP contribution in [0.1, 0.15) is 6.42 Å². The SMILES string of the molecule is CN(CF)CCCF. The third-order valence-electron chi connectivity index (χ3n) is 0.878. The van der Waals surface area contributed by atoms with Crippen LogP contribution in [0.5, 0.6) is 0 Å². The van der Waals surface area contributed by atoms with Crippen molar-refractivity contribution >= 4 is 0 Å². The number of hydrogen-bond acceptors (Lipinski definition) is 1. The van der Waals surface area contributed by atoms with Crippen molar-refractivity contribution in [2.24, 2.45) is 0 Å². The van der Waals surface area contributed by atoms with Crippen molar-refractivity contribution in [3.8, 4) is 0 Å². The van der Waals surface area contributed by atoms with Crippen molar-refractivity contribution in [1.29, 1.82) is 0 Å². The molecule has 0 aromatic carbocycles. The number of alkyl halides is 2. The minimum absolute atomic E-state index is 0.357. The molecule has 0 aliphatic heterocycles. The van der Waals surface area contributed by atoms with Crippen LogP contribution in [0.25, 0.3) is 0 Å². The number of hydrogen-bond donors (Lipinski definition) is 0. The Morgan fingerprint density at radius 2 is 2.00 bits per heavy atom. The van der Waals surface area contributed by atoms with Gasteiger partial charge in [-0.25, -0.2) is 4.39 Å². The van der Waals surface area contributed by atoms with E-state index in [1.165, 1.54) is 4.90 Å². The molecule has 0 heterocycles. The minimum Gasteiger partial charge on any atom is -0.280 e. The molecule has 0 N–H and O–H groups in total. The monoisotopic (exact) mass is 123 g/mol. The summed E-state index contributed by atoms with van der Waals surface area (Å²) in [5.74, 6) is 0. The van der Waals surface area contributed by atoms with Gasteiger partial charge in [0.2, 0.25) is 0 Å². The number of halogens is 2. The van der Waals surface area contributed by atoms with Crippen LogP contribution in [0.4, 0.5) is 8.78 Å². The van der Waals surface area contributed by atoms with Gasteiger partial charge in [-0.1, -0.05) is 0 Å². The van der Waals surface area contributed by atoms with E-state index < -0.39 is 6.80 Å². The van der Waals surface area contributed by atoms with E-state index in [1.54, 1.807) is 7.05 Å². The predicted molar refractivity (Wildman–Crippen MR) is 29.2 cm³/mol. The maximum Gasteiger partial charge on any atom is 0.142 e.